The van der Waals surface area contributed by atoms with Gasteiger partial charge in [0.15, 0.2) is 11.6 Å². The number of alkyl halides is 1. The van der Waals surface area contributed by atoms with Crippen LogP contribution < -0.4 is 10.5 Å². The first kappa shape index (κ1) is 11.0. The van der Waals surface area contributed by atoms with E-state index in [1.54, 1.807) is 19.1 Å². The van der Waals surface area contributed by atoms with E-state index in [9.17, 15) is 9.18 Å². The Morgan fingerprint density at radius 2 is 2.29 bits per heavy atom. The number of hydrogen-bond donors (Lipinski definition) is 1. The van der Waals surface area contributed by atoms with Gasteiger partial charge in [-0.15, -0.1) is 0 Å². The van der Waals surface area contributed by atoms with Gasteiger partial charge in [-0.05, 0) is 13.0 Å². The summed E-state index contributed by atoms with van der Waals surface area (Å²) in [5, 5.41) is 0. The Bertz CT molecular complexity index is 355. The van der Waals surface area contributed by atoms with Gasteiger partial charge in [-0.25, -0.2) is 9.18 Å². The number of halogens is 2. The van der Waals surface area contributed by atoms with Crippen LogP contribution in [0.25, 0.3) is 0 Å². The third-order valence-electron chi connectivity index (χ3n) is 1.63. The average Bonchev–Trinajstić information content (AvgIpc) is 2.07. The molecule has 1 amide bonds. The van der Waals surface area contributed by atoms with Crippen molar-refractivity contribution in [3.8, 4) is 5.75 Å². The van der Waals surface area contributed by atoms with Gasteiger partial charge in [0.25, 0.3) is 0 Å². The molecule has 14 heavy (non-hydrogen) atoms. The van der Waals surface area contributed by atoms with Crippen LogP contribution in [0.1, 0.15) is 17.3 Å². The summed E-state index contributed by atoms with van der Waals surface area (Å²) >= 11 is 3.22. The zero-order valence-electron chi connectivity index (χ0n) is 7.46. The lowest BCUT2D eigenvalue weighted by atomic mass is 10.1. The summed E-state index contributed by atoms with van der Waals surface area (Å²) in [6.45, 7) is 1.77. The molecule has 76 valence electrons. The van der Waals surface area contributed by atoms with Crippen molar-refractivity contribution in [3.63, 3.8) is 0 Å². The Kier molecular flexibility index (Phi) is 3.46. The maximum absolute atomic E-state index is 13.5. The fourth-order valence-electron chi connectivity index (χ4n) is 1.02. The molecular formula is C9H9BrFNO2. The Morgan fingerprint density at radius 1 is 1.64 bits per heavy atom. The van der Waals surface area contributed by atoms with E-state index in [4.69, 9.17) is 5.73 Å². The van der Waals surface area contributed by atoms with Crippen LogP contribution in [0.2, 0.25) is 0 Å². The van der Waals surface area contributed by atoms with Gasteiger partial charge in [0.1, 0.15) is 0 Å². The fraction of sp³-hybridized carbons (Fsp3) is 0.222. The van der Waals surface area contributed by atoms with E-state index in [2.05, 4.69) is 20.7 Å². The van der Waals surface area contributed by atoms with Gasteiger partial charge < -0.3 is 10.5 Å². The van der Waals surface area contributed by atoms with E-state index in [1.807, 2.05) is 0 Å². The highest BCUT2D eigenvalue weighted by Gasteiger charge is 2.13. The Labute approximate surface area is 89.2 Å². The summed E-state index contributed by atoms with van der Waals surface area (Å²) in [6.07, 6.45) is -1.02. The minimum Gasteiger partial charge on any atom is -0.407 e. The summed E-state index contributed by atoms with van der Waals surface area (Å²) in [4.78, 5) is 10.3. The van der Waals surface area contributed by atoms with Crippen molar-refractivity contribution in [2.24, 2.45) is 5.73 Å². The maximum Gasteiger partial charge on any atom is 0.410 e. The lowest BCUT2D eigenvalue weighted by Gasteiger charge is -2.08. The fourth-order valence-corrected chi connectivity index (χ4v) is 1.38. The molecule has 0 aliphatic carbocycles. The molecule has 2 N–H and O–H groups in total. The van der Waals surface area contributed by atoms with Crippen LogP contribution in [-0.2, 0) is 0 Å². The van der Waals surface area contributed by atoms with Crippen molar-refractivity contribution in [2.75, 3.05) is 0 Å². The molecule has 0 aliphatic heterocycles. The first-order valence-corrected chi connectivity index (χ1v) is 4.83. The van der Waals surface area contributed by atoms with Gasteiger partial charge in [-0.2, -0.15) is 0 Å². The number of benzene rings is 1. The van der Waals surface area contributed by atoms with Crippen molar-refractivity contribution in [3.05, 3.63) is 29.6 Å². The molecule has 1 aromatic rings. The standard InChI is InChI=1S/C9H9BrFNO2/c1-5(10)6-3-2-4-7(8(6)11)14-9(12)13/h2-5H,1H3,(H2,12,13). The predicted octanol–water partition coefficient (Wildman–Crippen LogP) is 2.74. The van der Waals surface area contributed by atoms with Gasteiger partial charge in [0.2, 0.25) is 0 Å². The number of primary amides is 1. The van der Waals surface area contributed by atoms with Crippen LogP contribution >= 0.6 is 15.9 Å². The zero-order valence-corrected chi connectivity index (χ0v) is 9.05. The predicted molar refractivity (Wildman–Crippen MR) is 54.0 cm³/mol. The number of amides is 1. The number of nitrogens with two attached hydrogens (primary N) is 1. The summed E-state index contributed by atoms with van der Waals surface area (Å²) in [5.74, 6) is -0.725. The monoisotopic (exact) mass is 261 g/mol. The molecule has 0 bridgehead atoms. The van der Waals surface area contributed by atoms with Crippen LogP contribution in [-0.4, -0.2) is 6.09 Å². The summed E-state index contributed by atoms with van der Waals surface area (Å²) in [5.41, 5.74) is 5.20. The normalized spacial score (nSPS) is 12.2. The van der Waals surface area contributed by atoms with E-state index < -0.39 is 11.9 Å². The van der Waals surface area contributed by atoms with Crippen molar-refractivity contribution in [1.29, 1.82) is 0 Å². The van der Waals surface area contributed by atoms with Crippen LogP contribution in [0.15, 0.2) is 18.2 Å². The molecule has 1 aromatic carbocycles. The minimum absolute atomic E-state index is 0.152. The second-order valence-electron chi connectivity index (χ2n) is 2.70. The highest BCUT2D eigenvalue weighted by atomic mass is 79.9. The first-order valence-electron chi connectivity index (χ1n) is 3.92. The van der Waals surface area contributed by atoms with E-state index in [0.29, 0.717) is 5.56 Å². The number of carbonyl (C=O) groups is 1. The van der Waals surface area contributed by atoms with Gasteiger partial charge in [0, 0.05) is 10.4 Å². The zero-order chi connectivity index (χ0) is 10.7. The Morgan fingerprint density at radius 3 is 2.79 bits per heavy atom. The summed E-state index contributed by atoms with van der Waals surface area (Å²) in [6, 6.07) is 4.54. The van der Waals surface area contributed by atoms with Gasteiger partial charge in [-0.3, -0.25) is 0 Å². The number of rotatable bonds is 2. The quantitative estimate of drug-likeness (QED) is 0.833. The second-order valence-corrected chi connectivity index (χ2v) is 4.07. The van der Waals surface area contributed by atoms with Crippen LogP contribution in [0.3, 0.4) is 0 Å². The van der Waals surface area contributed by atoms with Gasteiger partial charge in [0.05, 0.1) is 0 Å². The molecule has 0 aliphatic rings. The summed E-state index contributed by atoms with van der Waals surface area (Å²) in [7, 11) is 0. The first-order chi connectivity index (χ1) is 6.52. The Balaban J connectivity index is 3.07. The van der Waals surface area contributed by atoms with Crippen LogP contribution in [0, 0.1) is 5.82 Å². The average molecular weight is 262 g/mol. The van der Waals surface area contributed by atoms with Gasteiger partial charge >= 0.3 is 6.09 Å². The smallest absolute Gasteiger partial charge is 0.407 e. The topological polar surface area (TPSA) is 52.3 Å². The van der Waals surface area contributed by atoms with E-state index in [0.717, 1.165) is 0 Å². The van der Waals surface area contributed by atoms with Crippen LogP contribution in [0.4, 0.5) is 9.18 Å². The SMILES string of the molecule is CC(Br)c1cccc(OC(N)=O)c1F. The Hall–Kier alpha value is -1.10. The maximum atomic E-state index is 13.5. The molecule has 0 aromatic heterocycles. The highest BCUT2D eigenvalue weighted by molar-refractivity contribution is 9.09. The number of ether oxygens (including phenoxy) is 1. The molecule has 1 rings (SSSR count). The van der Waals surface area contributed by atoms with Crippen molar-refractivity contribution in [1.82, 2.24) is 0 Å². The number of carbonyl (C=O) groups excluding carboxylic acids is 1. The minimum atomic E-state index is -1.02. The molecular weight excluding hydrogens is 253 g/mol. The molecule has 5 heteroatoms. The molecule has 1 atom stereocenters. The van der Waals surface area contributed by atoms with Crippen LogP contribution in [0.5, 0.6) is 5.75 Å². The third kappa shape index (κ3) is 2.45. The molecule has 3 nitrogen and oxygen atoms in total. The third-order valence-corrected chi connectivity index (χ3v) is 2.13. The second kappa shape index (κ2) is 4.41. The molecule has 0 saturated heterocycles. The van der Waals surface area contributed by atoms with E-state index in [1.165, 1.54) is 6.07 Å². The molecule has 0 heterocycles. The molecule has 0 radical (unpaired) electrons. The van der Waals surface area contributed by atoms with Crippen molar-refractivity contribution in [2.45, 2.75) is 11.8 Å². The number of hydrogen-bond acceptors (Lipinski definition) is 2. The lowest BCUT2D eigenvalue weighted by molar-refractivity contribution is 0.208. The molecule has 0 saturated carbocycles. The van der Waals surface area contributed by atoms with Gasteiger partial charge in [-0.1, -0.05) is 28.1 Å². The summed E-state index contributed by atoms with van der Waals surface area (Å²) < 4.78 is 18.0. The largest absolute Gasteiger partial charge is 0.410 e. The molecule has 0 spiro atoms. The molecule has 1 unspecified atom stereocenters. The van der Waals surface area contributed by atoms with E-state index in [-0.39, 0.29) is 10.6 Å². The van der Waals surface area contributed by atoms with Crippen molar-refractivity contribution < 1.29 is 13.9 Å². The van der Waals surface area contributed by atoms with Crippen molar-refractivity contribution >= 4 is 22.0 Å². The highest BCUT2D eigenvalue weighted by Crippen LogP contribution is 2.29. The lowest BCUT2D eigenvalue weighted by Crippen LogP contribution is -2.17. The molecule has 0 fully saturated rings. The van der Waals surface area contributed by atoms with E-state index >= 15 is 0 Å².